The predicted octanol–water partition coefficient (Wildman–Crippen LogP) is 3.72. The van der Waals surface area contributed by atoms with Crippen molar-refractivity contribution in [3.63, 3.8) is 0 Å². The lowest BCUT2D eigenvalue weighted by Gasteiger charge is -2.12. The summed E-state index contributed by atoms with van der Waals surface area (Å²) in [5.74, 6) is -2.33. The van der Waals surface area contributed by atoms with Gasteiger partial charge in [0.2, 0.25) is 5.43 Å². The van der Waals surface area contributed by atoms with Crippen molar-refractivity contribution in [1.29, 1.82) is 0 Å². The van der Waals surface area contributed by atoms with Crippen LogP contribution in [0.25, 0.3) is 5.69 Å². The minimum atomic E-state index is -0.929. The lowest BCUT2D eigenvalue weighted by Crippen LogP contribution is -2.27. The van der Waals surface area contributed by atoms with Crippen LogP contribution in [0, 0.1) is 18.6 Å². The second-order valence-corrected chi connectivity index (χ2v) is 5.82. The number of para-hydroxylation sites is 1. The summed E-state index contributed by atoms with van der Waals surface area (Å²) in [4.78, 5) is 24.5. The lowest BCUT2D eigenvalue weighted by molar-refractivity contribution is 0.101. The van der Waals surface area contributed by atoms with Crippen LogP contribution >= 0.6 is 11.6 Å². The molecule has 5 nitrogen and oxygen atoms in total. The number of amides is 1. The van der Waals surface area contributed by atoms with Gasteiger partial charge < -0.3 is 5.32 Å². The molecule has 3 rings (SSSR count). The van der Waals surface area contributed by atoms with Crippen molar-refractivity contribution in [2.45, 2.75) is 6.92 Å². The summed E-state index contributed by atoms with van der Waals surface area (Å²) < 4.78 is 29.1. The van der Waals surface area contributed by atoms with Gasteiger partial charge in [0, 0.05) is 11.8 Å². The van der Waals surface area contributed by atoms with Gasteiger partial charge in [-0.2, -0.15) is 5.10 Å². The van der Waals surface area contributed by atoms with Gasteiger partial charge in [0.25, 0.3) is 5.91 Å². The van der Waals surface area contributed by atoms with Crippen LogP contribution in [0.5, 0.6) is 0 Å². The topological polar surface area (TPSA) is 64.0 Å². The molecule has 3 aromatic rings. The Morgan fingerprint density at radius 3 is 2.62 bits per heavy atom. The molecule has 8 heteroatoms. The molecule has 1 aromatic heterocycles. The van der Waals surface area contributed by atoms with Crippen LogP contribution in [-0.2, 0) is 0 Å². The first-order valence-electron chi connectivity index (χ1n) is 7.49. The van der Waals surface area contributed by atoms with Crippen LogP contribution in [-0.4, -0.2) is 15.7 Å². The molecule has 1 N–H and O–H groups in total. The van der Waals surface area contributed by atoms with Crippen molar-refractivity contribution in [2.75, 3.05) is 5.32 Å². The predicted molar refractivity (Wildman–Crippen MR) is 93.9 cm³/mol. The lowest BCUT2D eigenvalue weighted by atomic mass is 10.2. The number of carbonyl (C=O) groups excluding carboxylic acids is 1. The van der Waals surface area contributed by atoms with Gasteiger partial charge in [-0.1, -0.05) is 29.8 Å². The minimum absolute atomic E-state index is 0.0768. The van der Waals surface area contributed by atoms with Crippen LogP contribution in [0.2, 0.25) is 5.02 Å². The Kier molecular flexibility index (Phi) is 4.81. The third-order valence-corrected chi connectivity index (χ3v) is 3.89. The first-order valence-corrected chi connectivity index (χ1v) is 7.87. The smallest absolute Gasteiger partial charge is 0.280 e. The van der Waals surface area contributed by atoms with Gasteiger partial charge in [-0.25, -0.2) is 13.5 Å². The van der Waals surface area contributed by atoms with E-state index in [4.69, 9.17) is 11.6 Å². The third-order valence-electron chi connectivity index (χ3n) is 3.60. The van der Waals surface area contributed by atoms with Gasteiger partial charge in [0.05, 0.1) is 10.7 Å². The van der Waals surface area contributed by atoms with E-state index in [2.05, 4.69) is 10.4 Å². The molecular formula is C18H12ClF2N3O2. The van der Waals surface area contributed by atoms with Gasteiger partial charge >= 0.3 is 0 Å². The number of benzene rings is 2. The van der Waals surface area contributed by atoms with Gasteiger partial charge in [0.15, 0.2) is 11.5 Å². The highest BCUT2D eigenvalue weighted by molar-refractivity contribution is 6.31. The fourth-order valence-electron chi connectivity index (χ4n) is 2.35. The highest BCUT2D eigenvalue weighted by atomic mass is 35.5. The molecule has 0 spiro atoms. The van der Waals surface area contributed by atoms with Gasteiger partial charge in [-0.15, -0.1) is 0 Å². The number of carbonyl (C=O) groups is 1. The number of anilines is 1. The SMILES string of the molecule is Cc1cc(=O)c(C(=O)Nc2cccc(Cl)c2F)nn1-c1ccccc1F. The fourth-order valence-corrected chi connectivity index (χ4v) is 2.53. The number of hydrogen-bond acceptors (Lipinski definition) is 3. The van der Waals surface area contributed by atoms with Crippen LogP contribution in [0.1, 0.15) is 16.2 Å². The fraction of sp³-hybridized carbons (Fsp3) is 0.0556. The molecule has 0 bridgehead atoms. The molecule has 0 fully saturated rings. The van der Waals surface area contributed by atoms with E-state index < -0.39 is 28.7 Å². The quantitative estimate of drug-likeness (QED) is 0.758. The first-order chi connectivity index (χ1) is 12.4. The summed E-state index contributed by atoms with van der Waals surface area (Å²) in [7, 11) is 0. The Labute approximate surface area is 151 Å². The summed E-state index contributed by atoms with van der Waals surface area (Å²) in [6, 6.07) is 11.0. The number of hydrogen-bond donors (Lipinski definition) is 1. The maximum atomic E-state index is 14.0. The van der Waals surface area contributed by atoms with Crippen LogP contribution in [0.4, 0.5) is 14.5 Å². The van der Waals surface area contributed by atoms with E-state index in [-0.39, 0.29) is 16.4 Å². The van der Waals surface area contributed by atoms with Crippen LogP contribution in [0.3, 0.4) is 0 Å². The molecule has 0 saturated heterocycles. The number of nitrogens with zero attached hydrogens (tertiary/aromatic N) is 2. The number of aryl methyl sites for hydroxylation is 1. The first kappa shape index (κ1) is 17.8. The van der Waals surface area contributed by atoms with Crippen molar-refractivity contribution in [3.8, 4) is 5.69 Å². The van der Waals surface area contributed by atoms with Crippen molar-refractivity contribution >= 4 is 23.2 Å². The Morgan fingerprint density at radius 1 is 1.15 bits per heavy atom. The maximum Gasteiger partial charge on any atom is 0.280 e. The monoisotopic (exact) mass is 375 g/mol. The summed E-state index contributed by atoms with van der Waals surface area (Å²) in [6.45, 7) is 1.55. The molecule has 0 aliphatic rings. The van der Waals surface area contributed by atoms with Crippen molar-refractivity contribution in [3.05, 3.63) is 86.8 Å². The van der Waals surface area contributed by atoms with E-state index in [1.165, 1.54) is 36.4 Å². The van der Waals surface area contributed by atoms with Crippen LogP contribution < -0.4 is 10.7 Å². The summed E-state index contributed by atoms with van der Waals surface area (Å²) in [5.41, 5.74) is -0.950. The van der Waals surface area contributed by atoms with E-state index in [0.29, 0.717) is 5.69 Å². The summed E-state index contributed by atoms with van der Waals surface area (Å²) in [5, 5.41) is 6.02. The molecule has 1 amide bonds. The number of halogens is 3. The average Bonchev–Trinajstić information content (AvgIpc) is 2.60. The Hall–Kier alpha value is -3.06. The Balaban J connectivity index is 2.04. The van der Waals surface area contributed by atoms with Crippen molar-refractivity contribution < 1.29 is 13.6 Å². The zero-order valence-electron chi connectivity index (χ0n) is 13.5. The van der Waals surface area contributed by atoms with E-state index >= 15 is 0 Å². The van der Waals surface area contributed by atoms with Gasteiger partial charge in [-0.05, 0) is 31.2 Å². The van der Waals surface area contributed by atoms with Gasteiger partial charge in [-0.3, -0.25) is 9.59 Å². The molecule has 26 heavy (non-hydrogen) atoms. The highest BCUT2D eigenvalue weighted by Gasteiger charge is 2.18. The molecule has 0 radical (unpaired) electrons. The van der Waals surface area contributed by atoms with E-state index in [0.717, 1.165) is 10.7 Å². The largest absolute Gasteiger partial charge is 0.318 e. The average molecular weight is 376 g/mol. The summed E-state index contributed by atoms with van der Waals surface area (Å²) >= 11 is 5.67. The number of aromatic nitrogens is 2. The molecule has 0 aliphatic heterocycles. The molecule has 1 heterocycles. The van der Waals surface area contributed by atoms with Crippen LogP contribution in [0.15, 0.2) is 53.3 Å². The standard InChI is InChI=1S/C18H12ClF2N3O2/c1-10-9-15(25)17(23-24(10)14-8-3-2-6-12(14)20)18(26)22-13-7-4-5-11(19)16(13)21/h2-9H,1H3,(H,22,26). The molecule has 132 valence electrons. The number of rotatable bonds is 3. The zero-order chi connectivity index (χ0) is 18.8. The van der Waals surface area contributed by atoms with Crippen molar-refractivity contribution in [1.82, 2.24) is 9.78 Å². The zero-order valence-corrected chi connectivity index (χ0v) is 14.2. The highest BCUT2D eigenvalue weighted by Crippen LogP contribution is 2.22. The second kappa shape index (κ2) is 7.05. The second-order valence-electron chi connectivity index (χ2n) is 5.42. The van der Waals surface area contributed by atoms with E-state index in [1.807, 2.05) is 0 Å². The summed E-state index contributed by atoms with van der Waals surface area (Å²) in [6.07, 6.45) is 0. The molecule has 0 unspecified atom stereocenters. The van der Waals surface area contributed by atoms with Crippen molar-refractivity contribution in [2.24, 2.45) is 0 Å². The molecule has 0 aliphatic carbocycles. The number of nitrogens with one attached hydrogen (secondary N) is 1. The Bertz CT molecular complexity index is 1070. The normalized spacial score (nSPS) is 10.6. The van der Waals surface area contributed by atoms with Gasteiger partial charge in [0.1, 0.15) is 11.5 Å². The molecule has 0 atom stereocenters. The molecule has 2 aromatic carbocycles. The maximum absolute atomic E-state index is 14.0. The molecular weight excluding hydrogens is 364 g/mol. The molecule has 0 saturated carbocycles. The Morgan fingerprint density at radius 2 is 1.88 bits per heavy atom. The third kappa shape index (κ3) is 3.34. The van der Waals surface area contributed by atoms with E-state index in [9.17, 15) is 18.4 Å². The van der Waals surface area contributed by atoms with E-state index in [1.54, 1.807) is 13.0 Å². The minimum Gasteiger partial charge on any atom is -0.318 e.